The van der Waals surface area contributed by atoms with Gasteiger partial charge in [-0.2, -0.15) is 9.97 Å². The molecule has 1 saturated carbocycles. The van der Waals surface area contributed by atoms with Crippen LogP contribution in [0.2, 0.25) is 5.28 Å². The summed E-state index contributed by atoms with van der Waals surface area (Å²) >= 11 is 6.25. The van der Waals surface area contributed by atoms with Crippen LogP contribution in [0.5, 0.6) is 0 Å². The van der Waals surface area contributed by atoms with Crippen LogP contribution in [-0.4, -0.2) is 82.7 Å². The zero-order valence-corrected chi connectivity index (χ0v) is 26.8. The van der Waals surface area contributed by atoms with Gasteiger partial charge >= 0.3 is 19.9 Å². The minimum atomic E-state index is -4.07. The van der Waals surface area contributed by atoms with E-state index >= 15 is 0 Å². The molecule has 2 fully saturated rings. The Hall–Kier alpha value is -2.75. The smallest absolute Gasteiger partial charge is 0.432 e. The summed E-state index contributed by atoms with van der Waals surface area (Å²) in [5.74, 6) is 0.599. The summed E-state index contributed by atoms with van der Waals surface area (Å²) in [6.45, 7) is 5.08. The Balaban J connectivity index is 1.31. The molecule has 246 valence electrons. The third-order valence-corrected chi connectivity index (χ3v) is 8.22. The van der Waals surface area contributed by atoms with Gasteiger partial charge in [-0.25, -0.2) is 14.6 Å². The van der Waals surface area contributed by atoms with Gasteiger partial charge in [0.05, 0.1) is 31.2 Å². The van der Waals surface area contributed by atoms with Crippen molar-refractivity contribution in [3.63, 3.8) is 0 Å². The second-order valence-electron chi connectivity index (χ2n) is 10.8. The number of ether oxygens (including phenoxy) is 6. The lowest BCUT2D eigenvalue weighted by Gasteiger charge is -2.20. The standard InChI is InChI=1S/C26H39ClN5O11P/c1-16(2)41-25(33)37-13-39-44(35,40-14-38-26(34)42-17(3)4)15-36-11-19-9-10-20(43-19)32-12-28-21-22(29-18-7-5-6-8-18)30-24(27)31-23(21)32/h12,16-20H,5-11,13-15H2,1-4H3,(H,29,30,31)/t19-,20?/m0/s1. The van der Waals surface area contributed by atoms with Gasteiger partial charge < -0.3 is 33.7 Å². The number of nitrogens with one attached hydrogen (secondary N) is 1. The van der Waals surface area contributed by atoms with E-state index in [1.165, 1.54) is 12.8 Å². The monoisotopic (exact) mass is 663 g/mol. The lowest BCUT2D eigenvalue weighted by Crippen LogP contribution is -2.19. The molecule has 1 aliphatic heterocycles. The number of aromatic nitrogens is 4. The molecule has 4 rings (SSSR count). The van der Waals surface area contributed by atoms with Crippen molar-refractivity contribution in [1.82, 2.24) is 19.5 Å². The van der Waals surface area contributed by atoms with Gasteiger partial charge in [0, 0.05) is 6.04 Å². The number of carbonyl (C=O) groups is 2. The Kier molecular flexibility index (Phi) is 12.4. The summed E-state index contributed by atoms with van der Waals surface area (Å²) in [6, 6.07) is 0.323. The van der Waals surface area contributed by atoms with Crippen LogP contribution in [-0.2, 0) is 42.0 Å². The average molecular weight is 664 g/mol. The molecular weight excluding hydrogens is 625 g/mol. The van der Waals surface area contributed by atoms with Crippen LogP contribution in [0.3, 0.4) is 0 Å². The van der Waals surface area contributed by atoms with Gasteiger partial charge in [0.2, 0.25) is 18.9 Å². The van der Waals surface area contributed by atoms with E-state index in [1.807, 2.05) is 0 Å². The van der Waals surface area contributed by atoms with E-state index in [-0.39, 0.29) is 24.2 Å². The zero-order chi connectivity index (χ0) is 31.7. The molecule has 1 N–H and O–H groups in total. The zero-order valence-electron chi connectivity index (χ0n) is 25.1. The highest BCUT2D eigenvalue weighted by atomic mass is 35.5. The SMILES string of the molecule is CC(C)OC(=O)OCOP(=O)(COC[C@@H]1CCC(n2cnc3c(NC4CCCC4)nc(Cl)nc32)O1)OCOC(=O)OC(C)C. The Morgan fingerprint density at radius 3 is 2.27 bits per heavy atom. The predicted molar refractivity (Wildman–Crippen MR) is 155 cm³/mol. The molecule has 0 radical (unpaired) electrons. The molecule has 1 unspecified atom stereocenters. The molecule has 0 spiro atoms. The van der Waals surface area contributed by atoms with E-state index in [0.717, 1.165) is 12.8 Å². The highest BCUT2D eigenvalue weighted by molar-refractivity contribution is 7.53. The van der Waals surface area contributed by atoms with Crippen LogP contribution >= 0.6 is 19.2 Å². The molecule has 2 atom stereocenters. The van der Waals surface area contributed by atoms with Gasteiger partial charge in [-0.1, -0.05) is 12.8 Å². The minimum Gasteiger partial charge on any atom is -0.432 e. The predicted octanol–water partition coefficient (Wildman–Crippen LogP) is 5.75. The number of fused-ring (bicyclic) bond motifs is 1. The number of hydrogen-bond donors (Lipinski definition) is 1. The fourth-order valence-corrected chi connectivity index (χ4v) is 5.79. The van der Waals surface area contributed by atoms with Crippen LogP contribution in [0.25, 0.3) is 11.2 Å². The summed E-state index contributed by atoms with van der Waals surface area (Å²) in [7, 11) is -4.07. The average Bonchev–Trinajstić information content (AvgIpc) is 3.69. The maximum Gasteiger partial charge on any atom is 0.510 e. The summed E-state index contributed by atoms with van der Waals surface area (Å²) < 4.78 is 56.4. The van der Waals surface area contributed by atoms with Crippen molar-refractivity contribution in [2.45, 2.75) is 96.8 Å². The van der Waals surface area contributed by atoms with Gasteiger partial charge in [-0.3, -0.25) is 18.2 Å². The minimum absolute atomic E-state index is 0.0383. The summed E-state index contributed by atoms with van der Waals surface area (Å²) in [4.78, 5) is 36.6. The van der Waals surface area contributed by atoms with Crippen molar-refractivity contribution >= 4 is 48.5 Å². The van der Waals surface area contributed by atoms with Gasteiger partial charge in [0.15, 0.2) is 17.0 Å². The van der Waals surface area contributed by atoms with Gasteiger partial charge in [-0.05, 0) is 65.0 Å². The van der Waals surface area contributed by atoms with Gasteiger partial charge in [0.1, 0.15) is 12.6 Å². The number of nitrogens with zero attached hydrogens (tertiary/aromatic N) is 4. The summed E-state index contributed by atoms with van der Waals surface area (Å²) in [6.07, 6.45) is 3.18. The fourth-order valence-electron chi connectivity index (χ4n) is 4.65. The van der Waals surface area contributed by atoms with Crippen LogP contribution < -0.4 is 5.32 Å². The molecule has 3 heterocycles. The number of rotatable bonds is 15. The highest BCUT2D eigenvalue weighted by Gasteiger charge is 2.32. The maximum atomic E-state index is 13.3. The van der Waals surface area contributed by atoms with Crippen molar-refractivity contribution in [1.29, 1.82) is 0 Å². The first-order valence-electron chi connectivity index (χ1n) is 14.5. The maximum absolute atomic E-state index is 13.3. The Bertz CT molecular complexity index is 1270. The Labute approximate surface area is 259 Å². The number of carbonyl (C=O) groups excluding carboxylic acids is 2. The Morgan fingerprint density at radius 2 is 1.66 bits per heavy atom. The van der Waals surface area contributed by atoms with E-state index in [2.05, 4.69) is 20.3 Å². The van der Waals surface area contributed by atoms with Crippen molar-refractivity contribution in [3.8, 4) is 0 Å². The first-order chi connectivity index (χ1) is 21.0. The largest absolute Gasteiger partial charge is 0.510 e. The molecule has 0 amide bonds. The number of halogens is 1. The third-order valence-electron chi connectivity index (χ3n) is 6.55. The van der Waals surface area contributed by atoms with Gasteiger partial charge in [-0.15, -0.1) is 0 Å². The van der Waals surface area contributed by atoms with Crippen molar-refractivity contribution in [2.24, 2.45) is 0 Å². The van der Waals surface area contributed by atoms with E-state index in [1.54, 1.807) is 38.6 Å². The molecule has 16 nitrogen and oxygen atoms in total. The van der Waals surface area contributed by atoms with Crippen LogP contribution in [0.4, 0.5) is 15.4 Å². The lowest BCUT2D eigenvalue weighted by atomic mass is 10.2. The number of anilines is 1. The molecule has 1 aliphatic carbocycles. The molecule has 2 aromatic rings. The lowest BCUT2D eigenvalue weighted by molar-refractivity contribution is -0.0464. The molecule has 0 aromatic carbocycles. The number of hydrogen-bond acceptors (Lipinski definition) is 15. The molecule has 1 saturated heterocycles. The first kappa shape index (κ1) is 34.1. The molecule has 2 aliphatic rings. The normalized spacial score (nSPS) is 19.2. The summed E-state index contributed by atoms with van der Waals surface area (Å²) in [5, 5.41) is 3.55. The first-order valence-corrected chi connectivity index (χ1v) is 16.6. The van der Waals surface area contributed by atoms with Crippen molar-refractivity contribution < 1.29 is 51.6 Å². The topological polar surface area (TPSA) is 181 Å². The van der Waals surface area contributed by atoms with Crippen LogP contribution in [0.1, 0.15) is 72.4 Å². The highest BCUT2D eigenvalue weighted by Crippen LogP contribution is 2.48. The second kappa shape index (κ2) is 16.0. The van der Waals surface area contributed by atoms with Crippen molar-refractivity contribution in [2.75, 3.05) is 31.9 Å². The van der Waals surface area contributed by atoms with Gasteiger partial charge in [0.25, 0.3) is 0 Å². The molecule has 18 heteroatoms. The summed E-state index contributed by atoms with van der Waals surface area (Å²) in [5.41, 5.74) is 1.16. The van der Waals surface area contributed by atoms with Crippen molar-refractivity contribution in [3.05, 3.63) is 11.6 Å². The van der Waals surface area contributed by atoms with E-state index < -0.39 is 52.0 Å². The molecular formula is C26H39ClN5O11P. The van der Waals surface area contributed by atoms with Crippen LogP contribution in [0, 0.1) is 0 Å². The van der Waals surface area contributed by atoms with E-state index in [0.29, 0.717) is 35.9 Å². The Morgan fingerprint density at radius 1 is 1.02 bits per heavy atom. The van der Waals surface area contributed by atoms with E-state index in [9.17, 15) is 14.2 Å². The number of imidazole rings is 1. The molecule has 0 bridgehead atoms. The van der Waals surface area contributed by atoms with E-state index in [4.69, 9.17) is 49.1 Å². The fraction of sp³-hybridized carbons (Fsp3) is 0.731. The molecule has 2 aromatic heterocycles. The molecule has 44 heavy (non-hydrogen) atoms. The second-order valence-corrected chi connectivity index (χ2v) is 13.1. The quantitative estimate of drug-likeness (QED) is 0.105. The van der Waals surface area contributed by atoms with Crippen LogP contribution in [0.15, 0.2) is 6.33 Å². The third kappa shape index (κ3) is 10.1.